The number of hydrogen-bond donors (Lipinski definition) is 2. The summed E-state index contributed by atoms with van der Waals surface area (Å²) in [5.74, 6) is 0.864. The first-order valence-electron chi connectivity index (χ1n) is 5.34. The van der Waals surface area contributed by atoms with Crippen LogP contribution in [0.1, 0.15) is 12.5 Å². The topological polar surface area (TPSA) is 32.3 Å². The zero-order valence-corrected chi connectivity index (χ0v) is 10.5. The molecular formula is C12H18FNOS. The molecule has 1 aromatic carbocycles. The summed E-state index contributed by atoms with van der Waals surface area (Å²) in [7, 11) is 1.80. The number of thioether (sulfide) groups is 1. The van der Waals surface area contributed by atoms with Crippen LogP contribution in [-0.4, -0.2) is 24.5 Å². The first-order valence-corrected chi connectivity index (χ1v) is 6.33. The minimum absolute atomic E-state index is 0.170. The van der Waals surface area contributed by atoms with Gasteiger partial charge in [-0.15, -0.1) is 11.8 Å². The van der Waals surface area contributed by atoms with Crippen molar-refractivity contribution in [3.8, 4) is 0 Å². The smallest absolute Gasteiger partial charge is 0.128 e. The molecule has 0 aliphatic carbocycles. The molecule has 0 heterocycles. The second-order valence-electron chi connectivity index (χ2n) is 3.85. The van der Waals surface area contributed by atoms with Crippen LogP contribution in [0, 0.1) is 11.7 Å². The van der Waals surface area contributed by atoms with Crippen LogP contribution in [0.25, 0.3) is 0 Å². The Balaban J connectivity index is 2.74. The number of nitrogens with one attached hydrogen (secondary N) is 1. The van der Waals surface area contributed by atoms with E-state index in [0.29, 0.717) is 12.1 Å². The number of aliphatic hydroxyl groups excluding tert-OH is 1. The van der Waals surface area contributed by atoms with Crippen molar-refractivity contribution in [2.24, 2.45) is 5.92 Å². The minimum atomic E-state index is -0.170. The molecule has 1 atom stereocenters. The van der Waals surface area contributed by atoms with Gasteiger partial charge in [-0.2, -0.15) is 0 Å². The van der Waals surface area contributed by atoms with Crippen LogP contribution in [0.2, 0.25) is 0 Å². The van der Waals surface area contributed by atoms with E-state index in [4.69, 9.17) is 5.11 Å². The lowest BCUT2D eigenvalue weighted by molar-refractivity contribution is 0.250. The zero-order valence-electron chi connectivity index (χ0n) is 9.66. The van der Waals surface area contributed by atoms with Gasteiger partial charge in [0.15, 0.2) is 0 Å². The van der Waals surface area contributed by atoms with E-state index in [-0.39, 0.29) is 18.3 Å². The first kappa shape index (κ1) is 13.5. The fourth-order valence-electron chi connectivity index (χ4n) is 1.31. The highest BCUT2D eigenvalue weighted by Crippen LogP contribution is 2.26. The fourth-order valence-corrected chi connectivity index (χ4v) is 2.40. The molecule has 0 aliphatic rings. The second-order valence-corrected chi connectivity index (χ2v) is 4.91. The molecule has 1 unspecified atom stereocenters. The summed E-state index contributed by atoms with van der Waals surface area (Å²) in [4.78, 5) is 0.953. The number of benzene rings is 1. The molecule has 90 valence electrons. The van der Waals surface area contributed by atoms with Gasteiger partial charge in [-0.1, -0.05) is 13.0 Å². The Labute approximate surface area is 100 Å². The highest BCUT2D eigenvalue weighted by atomic mass is 32.2. The Bertz CT molecular complexity index is 333. The van der Waals surface area contributed by atoms with Crippen LogP contribution >= 0.6 is 11.8 Å². The Hall–Kier alpha value is -0.580. The van der Waals surface area contributed by atoms with Crippen LogP contribution in [0.3, 0.4) is 0 Å². The Morgan fingerprint density at radius 1 is 1.50 bits per heavy atom. The van der Waals surface area contributed by atoms with Gasteiger partial charge in [0.1, 0.15) is 5.82 Å². The molecule has 0 saturated heterocycles. The summed E-state index contributed by atoms with van der Waals surface area (Å²) in [6.45, 7) is 2.68. The molecule has 0 radical (unpaired) electrons. The van der Waals surface area contributed by atoms with E-state index in [9.17, 15) is 4.39 Å². The Morgan fingerprint density at radius 3 is 2.88 bits per heavy atom. The standard InChI is InChI=1S/C12H18FNOS/c1-9(7-15)8-16-12-5-3-4-11(13)10(12)6-14-2/h3-5,9,14-15H,6-8H2,1-2H3. The lowest BCUT2D eigenvalue weighted by atomic mass is 10.2. The zero-order chi connectivity index (χ0) is 12.0. The molecule has 0 aromatic heterocycles. The van der Waals surface area contributed by atoms with E-state index in [0.717, 1.165) is 10.6 Å². The third-order valence-corrected chi connectivity index (χ3v) is 3.69. The van der Waals surface area contributed by atoms with Crippen molar-refractivity contribution in [1.29, 1.82) is 0 Å². The quantitative estimate of drug-likeness (QED) is 0.752. The van der Waals surface area contributed by atoms with Gasteiger partial charge in [0, 0.05) is 29.4 Å². The molecule has 0 aliphatic heterocycles. The van der Waals surface area contributed by atoms with Crippen LogP contribution in [0.5, 0.6) is 0 Å². The van der Waals surface area contributed by atoms with Crippen molar-refractivity contribution >= 4 is 11.8 Å². The monoisotopic (exact) mass is 243 g/mol. The van der Waals surface area contributed by atoms with Crippen molar-refractivity contribution in [1.82, 2.24) is 5.32 Å². The van der Waals surface area contributed by atoms with Crippen molar-refractivity contribution in [3.05, 3.63) is 29.6 Å². The highest BCUT2D eigenvalue weighted by Gasteiger charge is 2.09. The van der Waals surface area contributed by atoms with E-state index in [1.54, 1.807) is 24.9 Å². The minimum Gasteiger partial charge on any atom is -0.396 e. The lowest BCUT2D eigenvalue weighted by Crippen LogP contribution is -2.09. The van der Waals surface area contributed by atoms with E-state index in [1.807, 2.05) is 13.0 Å². The Kier molecular flexibility index (Phi) is 5.80. The van der Waals surface area contributed by atoms with Crippen molar-refractivity contribution < 1.29 is 9.50 Å². The van der Waals surface area contributed by atoms with E-state index >= 15 is 0 Å². The summed E-state index contributed by atoms with van der Waals surface area (Å²) in [5, 5.41) is 11.9. The number of rotatable bonds is 6. The maximum Gasteiger partial charge on any atom is 0.128 e. The van der Waals surface area contributed by atoms with E-state index in [1.165, 1.54) is 6.07 Å². The normalized spacial score (nSPS) is 12.8. The van der Waals surface area contributed by atoms with Crippen molar-refractivity contribution in [3.63, 3.8) is 0 Å². The molecule has 0 bridgehead atoms. The molecule has 2 N–H and O–H groups in total. The van der Waals surface area contributed by atoms with Gasteiger partial charge in [0.05, 0.1) is 0 Å². The molecule has 1 aromatic rings. The van der Waals surface area contributed by atoms with Gasteiger partial charge in [-0.05, 0) is 25.1 Å². The molecule has 1 rings (SSSR count). The van der Waals surface area contributed by atoms with Crippen molar-refractivity contribution in [2.75, 3.05) is 19.4 Å². The summed E-state index contributed by atoms with van der Waals surface area (Å²) in [6, 6.07) is 5.12. The van der Waals surface area contributed by atoms with Gasteiger partial charge in [0.25, 0.3) is 0 Å². The van der Waals surface area contributed by atoms with E-state index in [2.05, 4.69) is 5.32 Å². The van der Waals surface area contributed by atoms with Crippen LogP contribution in [0.15, 0.2) is 23.1 Å². The third kappa shape index (κ3) is 3.77. The molecule has 0 fully saturated rings. The van der Waals surface area contributed by atoms with Crippen LogP contribution < -0.4 is 5.32 Å². The van der Waals surface area contributed by atoms with Gasteiger partial charge in [-0.25, -0.2) is 4.39 Å². The highest BCUT2D eigenvalue weighted by molar-refractivity contribution is 7.99. The predicted octanol–water partition coefficient (Wildman–Crippen LogP) is 2.27. The molecular weight excluding hydrogens is 225 g/mol. The van der Waals surface area contributed by atoms with Gasteiger partial charge in [-0.3, -0.25) is 0 Å². The largest absolute Gasteiger partial charge is 0.396 e. The van der Waals surface area contributed by atoms with Gasteiger partial charge >= 0.3 is 0 Å². The van der Waals surface area contributed by atoms with Gasteiger partial charge in [0.2, 0.25) is 0 Å². The average molecular weight is 243 g/mol. The van der Waals surface area contributed by atoms with Crippen molar-refractivity contribution in [2.45, 2.75) is 18.4 Å². The van der Waals surface area contributed by atoms with Crippen LogP contribution in [-0.2, 0) is 6.54 Å². The van der Waals surface area contributed by atoms with E-state index < -0.39 is 0 Å². The Morgan fingerprint density at radius 2 is 2.25 bits per heavy atom. The molecule has 0 amide bonds. The van der Waals surface area contributed by atoms with Gasteiger partial charge < -0.3 is 10.4 Å². The van der Waals surface area contributed by atoms with Crippen LogP contribution in [0.4, 0.5) is 4.39 Å². The predicted molar refractivity (Wildman–Crippen MR) is 66.1 cm³/mol. The molecule has 4 heteroatoms. The molecule has 0 spiro atoms. The summed E-state index contributed by atoms with van der Waals surface area (Å²) in [5.41, 5.74) is 0.708. The molecule has 16 heavy (non-hydrogen) atoms. The maximum absolute atomic E-state index is 13.5. The summed E-state index contributed by atoms with van der Waals surface area (Å²) < 4.78 is 13.5. The summed E-state index contributed by atoms with van der Waals surface area (Å²) in [6.07, 6.45) is 0. The number of aliphatic hydroxyl groups is 1. The lowest BCUT2D eigenvalue weighted by Gasteiger charge is -2.12. The second kappa shape index (κ2) is 6.89. The third-order valence-electron chi connectivity index (χ3n) is 2.26. The average Bonchev–Trinajstić information content (AvgIpc) is 2.29. The first-order chi connectivity index (χ1) is 7.69. The number of hydrogen-bond acceptors (Lipinski definition) is 3. The molecule has 2 nitrogen and oxygen atoms in total. The fraction of sp³-hybridized carbons (Fsp3) is 0.500. The SMILES string of the molecule is CNCc1c(F)cccc1SCC(C)CO. The maximum atomic E-state index is 13.5. The number of halogens is 1. The molecule has 0 saturated carbocycles. The summed E-state index contributed by atoms with van der Waals surface area (Å²) >= 11 is 1.59.